The summed E-state index contributed by atoms with van der Waals surface area (Å²) in [5.74, 6) is -8.18. The molecule has 4 aliphatic carbocycles. The molecule has 9 rings (SSSR count). The van der Waals surface area contributed by atoms with Crippen molar-refractivity contribution in [1.29, 1.82) is 0 Å². The minimum absolute atomic E-state index is 0.0294. The highest BCUT2D eigenvalue weighted by atomic mass is 16.9. The van der Waals surface area contributed by atoms with Crippen LogP contribution in [-0.2, 0) is 76.1 Å². The molecule has 3 spiro atoms. The number of fused-ring (bicyclic) bond motifs is 3. The second-order valence-electron chi connectivity index (χ2n) is 18.1. The number of rotatable bonds is 9. The molecule has 15 atom stereocenters. The van der Waals surface area contributed by atoms with Gasteiger partial charge in [0.25, 0.3) is 5.97 Å². The van der Waals surface area contributed by atoms with E-state index < -0.39 is 129 Å². The van der Waals surface area contributed by atoms with E-state index >= 15 is 0 Å². The number of epoxide rings is 1. The zero-order chi connectivity index (χ0) is 41.1. The van der Waals surface area contributed by atoms with Crippen LogP contribution in [0.2, 0.25) is 0 Å². The zero-order valence-electron chi connectivity index (χ0n) is 33.4. The van der Waals surface area contributed by atoms with E-state index in [2.05, 4.69) is 0 Å². The number of furan rings is 1. The first-order chi connectivity index (χ1) is 26.6. The van der Waals surface area contributed by atoms with Gasteiger partial charge in [0, 0.05) is 56.4 Å². The van der Waals surface area contributed by atoms with Crippen LogP contribution in [0.4, 0.5) is 0 Å². The predicted molar refractivity (Wildman–Crippen MR) is 184 cm³/mol. The third-order valence-corrected chi connectivity index (χ3v) is 15.4. The molecule has 4 saturated carbocycles. The number of cyclic esters (lactones) is 1. The molecule has 0 unspecified atom stereocenters. The minimum atomic E-state index is -2.23. The van der Waals surface area contributed by atoms with Crippen LogP contribution in [0.15, 0.2) is 23.0 Å². The van der Waals surface area contributed by atoms with Crippen molar-refractivity contribution in [2.75, 3.05) is 13.7 Å². The van der Waals surface area contributed by atoms with Gasteiger partial charge in [0.05, 0.1) is 37.6 Å². The van der Waals surface area contributed by atoms with Crippen LogP contribution in [0.25, 0.3) is 0 Å². The molecule has 17 nitrogen and oxygen atoms in total. The Morgan fingerprint density at radius 1 is 0.912 bits per heavy atom. The third kappa shape index (κ3) is 4.18. The Morgan fingerprint density at radius 2 is 1.61 bits per heavy atom. The maximum atomic E-state index is 14.3. The number of esters is 6. The monoisotopic (exact) mass is 800 g/mol. The lowest BCUT2D eigenvalue weighted by molar-refractivity contribution is -0.485. The van der Waals surface area contributed by atoms with Crippen LogP contribution in [-0.4, -0.2) is 102 Å². The lowest BCUT2D eigenvalue weighted by Gasteiger charge is -2.77. The maximum Gasteiger partial charge on any atom is 0.341 e. The van der Waals surface area contributed by atoms with E-state index in [0.717, 1.165) is 0 Å². The van der Waals surface area contributed by atoms with Crippen molar-refractivity contribution in [2.45, 2.75) is 146 Å². The number of hydrogen-bond acceptors (Lipinski definition) is 17. The van der Waals surface area contributed by atoms with Gasteiger partial charge in [-0.25, -0.2) is 4.79 Å². The van der Waals surface area contributed by atoms with Gasteiger partial charge in [-0.05, 0) is 45.1 Å². The summed E-state index contributed by atoms with van der Waals surface area (Å²) < 4.78 is 70.2. The Hall–Kier alpha value is -4.06. The van der Waals surface area contributed by atoms with Crippen LogP contribution in [0.5, 0.6) is 0 Å². The largest absolute Gasteiger partial charge is 0.472 e. The molecule has 0 N–H and O–H groups in total. The zero-order valence-corrected chi connectivity index (χ0v) is 33.4. The molecule has 8 aliphatic rings. The predicted octanol–water partition coefficient (Wildman–Crippen LogP) is 3.14. The van der Waals surface area contributed by atoms with Crippen LogP contribution in [0.3, 0.4) is 0 Å². The summed E-state index contributed by atoms with van der Waals surface area (Å²) in [5, 5.41) is 0. The Balaban J connectivity index is 1.40. The van der Waals surface area contributed by atoms with Gasteiger partial charge in [-0.1, -0.05) is 13.8 Å². The van der Waals surface area contributed by atoms with Crippen LogP contribution in [0.1, 0.15) is 99.2 Å². The molecule has 0 aromatic carbocycles. The standard InChI is InChI=1S/C40H48O17/c1-19-34(7,53-19)31(46)52-29-33(6)17-38-36(18-49-27(45)14-24(33)36)37-12-11-32(5,28(50-20(2)41)23-10-13-48-16-23)25(15-26(44)47-9)39(37,57-35(8,55-37)56-38)30(51-21(3)42)40(29,38)54-22(4)43/h10,13,16,19,24-25,28-30H,11-12,14-15,17-18H2,1-9H3/t19-,24+,25-,28+,29+,30+,32-,33-,34+,35-,36+,37+,38-,39-,40+/m1/s1. The Kier molecular flexibility index (Phi) is 7.66. The summed E-state index contributed by atoms with van der Waals surface area (Å²) in [6.07, 6.45) is -2.21. The lowest BCUT2D eigenvalue weighted by Crippen LogP contribution is -2.95. The van der Waals surface area contributed by atoms with Crippen molar-refractivity contribution >= 4 is 35.8 Å². The fraction of sp³-hybridized carbons (Fsp3) is 0.750. The fourth-order valence-corrected chi connectivity index (χ4v) is 13.6. The van der Waals surface area contributed by atoms with Gasteiger partial charge in [0.15, 0.2) is 17.8 Å². The molecular weight excluding hydrogens is 752 g/mol. The number of ether oxygens (including phenoxy) is 10. The molecule has 8 fully saturated rings. The first-order valence-electron chi connectivity index (χ1n) is 19.4. The minimum Gasteiger partial charge on any atom is -0.472 e. The number of carbonyl (C=O) groups is 6. The van der Waals surface area contributed by atoms with E-state index in [0.29, 0.717) is 5.56 Å². The van der Waals surface area contributed by atoms with Crippen molar-refractivity contribution in [3.05, 3.63) is 24.2 Å². The highest BCUT2D eigenvalue weighted by Gasteiger charge is 3.06. The second kappa shape index (κ2) is 11.4. The van der Waals surface area contributed by atoms with Crippen LogP contribution < -0.4 is 0 Å². The third-order valence-electron chi connectivity index (χ3n) is 15.4. The van der Waals surface area contributed by atoms with E-state index in [1.54, 1.807) is 26.8 Å². The van der Waals surface area contributed by atoms with Gasteiger partial charge in [-0.3, -0.25) is 24.0 Å². The average Bonchev–Trinajstić information content (AvgIpc) is 3.47. The molecule has 57 heavy (non-hydrogen) atoms. The number of hydrogen-bond donors (Lipinski definition) is 0. The smallest absolute Gasteiger partial charge is 0.341 e. The fourth-order valence-electron chi connectivity index (χ4n) is 13.6. The lowest BCUT2D eigenvalue weighted by atomic mass is 9.33. The highest BCUT2D eigenvalue weighted by molar-refractivity contribution is 5.83. The van der Waals surface area contributed by atoms with Crippen molar-refractivity contribution in [3.8, 4) is 0 Å². The Labute approximate surface area is 327 Å². The van der Waals surface area contributed by atoms with E-state index in [9.17, 15) is 28.8 Å². The van der Waals surface area contributed by atoms with Gasteiger partial charge in [0.1, 0.15) is 29.5 Å². The molecule has 1 aromatic heterocycles. The summed E-state index contributed by atoms with van der Waals surface area (Å²) >= 11 is 0. The molecular formula is C40H48O17. The summed E-state index contributed by atoms with van der Waals surface area (Å²) in [7, 11) is 1.22. The molecule has 4 bridgehead atoms. The SMILES string of the molecule is COC(=O)C[C@@H]1[C@](C)([C@@H](OC(C)=O)c2ccoc2)CC[C@@]23O[C@@]4(C)O[C@@]12[C@H](OC(C)=O)[C@@]1(OC(C)=O)[C@@H](OC(=O)[C@@]2(C)O[C@@H]2C)[C@]2(C)C[C@@]1(O4)[C@]31COC(=O)C[C@@H]21. The van der Waals surface area contributed by atoms with Crippen LogP contribution >= 0.6 is 0 Å². The topological polar surface area (TPSA) is 211 Å². The Morgan fingerprint density at radius 3 is 2.21 bits per heavy atom. The van der Waals surface area contributed by atoms with Crippen molar-refractivity contribution in [1.82, 2.24) is 0 Å². The Bertz CT molecular complexity index is 2000. The van der Waals surface area contributed by atoms with Gasteiger partial charge >= 0.3 is 35.8 Å². The van der Waals surface area contributed by atoms with E-state index in [4.69, 9.17) is 51.8 Å². The molecule has 4 saturated heterocycles. The summed E-state index contributed by atoms with van der Waals surface area (Å²) in [6.45, 7) is 11.8. The molecule has 0 radical (unpaired) electrons. The first kappa shape index (κ1) is 38.5. The average molecular weight is 801 g/mol. The van der Waals surface area contributed by atoms with Gasteiger partial charge in [0.2, 0.25) is 5.60 Å². The molecule has 4 aliphatic heterocycles. The normalized spacial score (nSPS) is 49.5. The molecule has 17 heteroatoms. The first-order valence-corrected chi connectivity index (χ1v) is 19.4. The van der Waals surface area contributed by atoms with Gasteiger partial charge in [-0.15, -0.1) is 0 Å². The summed E-state index contributed by atoms with van der Waals surface area (Å²) in [6, 6.07) is 1.64. The van der Waals surface area contributed by atoms with Crippen molar-refractivity contribution in [2.24, 2.45) is 28.1 Å². The summed E-state index contributed by atoms with van der Waals surface area (Å²) in [4.78, 5) is 82.4. The van der Waals surface area contributed by atoms with Gasteiger partial charge in [-0.2, -0.15) is 0 Å². The van der Waals surface area contributed by atoms with Crippen LogP contribution in [0, 0.1) is 28.1 Å². The molecule has 1 aromatic rings. The highest BCUT2D eigenvalue weighted by Crippen LogP contribution is 2.90. The molecule has 310 valence electrons. The number of methoxy groups -OCH3 is 1. The van der Waals surface area contributed by atoms with E-state index in [1.165, 1.54) is 40.4 Å². The quantitative estimate of drug-likeness (QED) is 0.199. The number of carbonyl (C=O) groups excluding carboxylic acids is 6. The molecule has 0 amide bonds. The van der Waals surface area contributed by atoms with E-state index in [-0.39, 0.29) is 32.3 Å². The van der Waals surface area contributed by atoms with Crippen molar-refractivity contribution in [3.63, 3.8) is 0 Å². The second-order valence-corrected chi connectivity index (χ2v) is 18.1. The van der Waals surface area contributed by atoms with E-state index in [1.807, 2.05) is 13.8 Å². The van der Waals surface area contributed by atoms with Gasteiger partial charge < -0.3 is 51.8 Å². The van der Waals surface area contributed by atoms with Crippen molar-refractivity contribution < 1.29 is 80.6 Å². The maximum absolute atomic E-state index is 14.3. The molecule has 5 heterocycles. The summed E-state index contributed by atoms with van der Waals surface area (Å²) in [5.41, 5.74) is -12.5.